The van der Waals surface area contributed by atoms with E-state index in [1.54, 1.807) is 6.92 Å². The molecule has 1 aromatic heterocycles. The van der Waals surface area contributed by atoms with E-state index >= 15 is 0 Å². The number of hydrogen-bond acceptors (Lipinski definition) is 4. The molecule has 4 nitrogen and oxygen atoms in total. The lowest BCUT2D eigenvalue weighted by atomic mass is 10.1. The molecular formula is C11H13ClF2N2O2. The first-order valence-corrected chi connectivity index (χ1v) is 5.69. The SMILES string of the molecule is CCOC(=O)Cc1cc(C(F)F)c(CN)c(Cl)n1. The van der Waals surface area contributed by atoms with E-state index in [9.17, 15) is 13.6 Å². The lowest BCUT2D eigenvalue weighted by Crippen LogP contribution is -2.11. The molecule has 0 amide bonds. The largest absolute Gasteiger partial charge is 0.466 e. The molecule has 0 aliphatic carbocycles. The number of nitrogens with zero attached hydrogens (tertiary/aromatic N) is 1. The zero-order valence-corrected chi connectivity index (χ0v) is 10.5. The van der Waals surface area contributed by atoms with Crippen LogP contribution >= 0.6 is 11.6 Å². The number of hydrogen-bond donors (Lipinski definition) is 1. The molecule has 0 aliphatic rings. The summed E-state index contributed by atoms with van der Waals surface area (Å²) in [6.45, 7) is 1.74. The highest BCUT2D eigenvalue weighted by Gasteiger charge is 2.18. The van der Waals surface area contributed by atoms with Crippen LogP contribution < -0.4 is 5.73 Å². The summed E-state index contributed by atoms with van der Waals surface area (Å²) in [5.74, 6) is -0.540. The Hall–Kier alpha value is -1.27. The van der Waals surface area contributed by atoms with E-state index in [0.29, 0.717) is 0 Å². The zero-order chi connectivity index (χ0) is 13.7. The Balaban J connectivity index is 3.05. The van der Waals surface area contributed by atoms with Gasteiger partial charge < -0.3 is 10.5 Å². The Morgan fingerprint density at radius 2 is 2.28 bits per heavy atom. The van der Waals surface area contributed by atoms with Crippen molar-refractivity contribution < 1.29 is 18.3 Å². The average molecular weight is 279 g/mol. The van der Waals surface area contributed by atoms with Crippen LogP contribution in [0.25, 0.3) is 0 Å². The van der Waals surface area contributed by atoms with E-state index in [1.165, 1.54) is 0 Å². The first-order valence-electron chi connectivity index (χ1n) is 5.31. The molecule has 1 heterocycles. The maximum Gasteiger partial charge on any atom is 0.311 e. The Morgan fingerprint density at radius 3 is 2.78 bits per heavy atom. The molecule has 0 aromatic carbocycles. The van der Waals surface area contributed by atoms with Crippen LogP contribution in [0.15, 0.2) is 6.07 Å². The van der Waals surface area contributed by atoms with E-state index in [0.717, 1.165) is 6.07 Å². The number of aromatic nitrogens is 1. The number of carbonyl (C=O) groups excluding carboxylic acids is 1. The zero-order valence-electron chi connectivity index (χ0n) is 9.75. The minimum atomic E-state index is -2.72. The molecule has 7 heteroatoms. The molecule has 2 N–H and O–H groups in total. The number of nitrogens with two attached hydrogens (primary N) is 1. The number of alkyl halides is 2. The lowest BCUT2D eigenvalue weighted by Gasteiger charge is -2.11. The van der Waals surface area contributed by atoms with Crippen molar-refractivity contribution in [2.45, 2.75) is 26.3 Å². The molecule has 0 radical (unpaired) electrons. The van der Waals surface area contributed by atoms with E-state index in [-0.39, 0.29) is 41.5 Å². The van der Waals surface area contributed by atoms with E-state index < -0.39 is 12.4 Å². The van der Waals surface area contributed by atoms with Gasteiger partial charge in [0.15, 0.2) is 0 Å². The summed E-state index contributed by atoms with van der Waals surface area (Å²) in [4.78, 5) is 15.1. The van der Waals surface area contributed by atoms with Gasteiger partial charge in [-0.2, -0.15) is 0 Å². The predicted octanol–water partition coefficient (Wildman–Crippen LogP) is 2.24. The Labute approximate surface area is 108 Å². The fourth-order valence-corrected chi connectivity index (χ4v) is 1.75. The Bertz CT molecular complexity index is 441. The fourth-order valence-electron chi connectivity index (χ4n) is 1.46. The van der Waals surface area contributed by atoms with Gasteiger partial charge in [-0.3, -0.25) is 4.79 Å². The quantitative estimate of drug-likeness (QED) is 0.663. The first kappa shape index (κ1) is 14.8. The molecule has 18 heavy (non-hydrogen) atoms. The van der Waals surface area contributed by atoms with Gasteiger partial charge >= 0.3 is 5.97 Å². The van der Waals surface area contributed by atoms with Gasteiger partial charge in [-0.1, -0.05) is 11.6 Å². The summed E-state index contributed by atoms with van der Waals surface area (Å²) in [7, 11) is 0. The molecule has 1 aromatic rings. The summed E-state index contributed by atoms with van der Waals surface area (Å²) in [5, 5.41) is -0.102. The number of esters is 1. The van der Waals surface area contributed by atoms with Crippen molar-refractivity contribution >= 4 is 17.6 Å². The lowest BCUT2D eigenvalue weighted by molar-refractivity contribution is -0.142. The molecule has 0 bridgehead atoms. The van der Waals surface area contributed by atoms with E-state index in [1.807, 2.05) is 0 Å². The summed E-state index contributed by atoms with van der Waals surface area (Å²) >= 11 is 5.76. The molecule has 0 spiro atoms. The molecule has 0 atom stereocenters. The monoisotopic (exact) mass is 278 g/mol. The average Bonchev–Trinajstić information content (AvgIpc) is 2.28. The van der Waals surface area contributed by atoms with Gasteiger partial charge in [-0.15, -0.1) is 0 Å². The molecule has 1 rings (SSSR count). The van der Waals surface area contributed by atoms with Crippen molar-refractivity contribution in [2.75, 3.05) is 6.61 Å². The van der Waals surface area contributed by atoms with Gasteiger partial charge in [0.25, 0.3) is 6.43 Å². The molecule has 100 valence electrons. The Kier molecular flexibility index (Phi) is 5.43. The van der Waals surface area contributed by atoms with Crippen molar-refractivity contribution in [3.8, 4) is 0 Å². The third-order valence-electron chi connectivity index (χ3n) is 2.23. The minimum Gasteiger partial charge on any atom is -0.466 e. The van der Waals surface area contributed by atoms with Crippen LogP contribution in [0.4, 0.5) is 8.78 Å². The van der Waals surface area contributed by atoms with Crippen LogP contribution in [-0.2, 0) is 22.5 Å². The molecule has 0 saturated carbocycles. The molecular weight excluding hydrogens is 266 g/mol. The Morgan fingerprint density at radius 1 is 1.61 bits per heavy atom. The summed E-state index contributed by atoms with van der Waals surface area (Å²) in [5.41, 5.74) is 5.29. The van der Waals surface area contributed by atoms with Crippen LogP contribution in [0.2, 0.25) is 5.15 Å². The number of carbonyl (C=O) groups is 1. The van der Waals surface area contributed by atoms with Gasteiger partial charge in [-0.25, -0.2) is 13.8 Å². The normalized spacial score (nSPS) is 10.8. The minimum absolute atomic E-state index is 0.0966. The van der Waals surface area contributed by atoms with Crippen LogP contribution in [0, 0.1) is 0 Å². The molecule has 0 fully saturated rings. The van der Waals surface area contributed by atoms with Crippen molar-refractivity contribution in [3.05, 3.63) is 28.0 Å². The summed E-state index contributed by atoms with van der Waals surface area (Å²) in [6, 6.07) is 1.13. The smallest absolute Gasteiger partial charge is 0.311 e. The van der Waals surface area contributed by atoms with Gasteiger partial charge in [0.05, 0.1) is 18.7 Å². The molecule has 0 unspecified atom stereocenters. The maximum absolute atomic E-state index is 12.8. The summed E-state index contributed by atoms with van der Waals surface area (Å²) < 4.78 is 30.3. The highest BCUT2D eigenvalue weighted by molar-refractivity contribution is 6.30. The van der Waals surface area contributed by atoms with Crippen LogP contribution in [0.3, 0.4) is 0 Å². The van der Waals surface area contributed by atoms with Crippen LogP contribution in [0.5, 0.6) is 0 Å². The topological polar surface area (TPSA) is 65.2 Å². The van der Waals surface area contributed by atoms with E-state index in [2.05, 4.69) is 4.98 Å². The van der Waals surface area contributed by atoms with E-state index in [4.69, 9.17) is 22.1 Å². The number of rotatable bonds is 5. The predicted molar refractivity (Wildman–Crippen MR) is 62.4 cm³/mol. The fraction of sp³-hybridized carbons (Fsp3) is 0.455. The van der Waals surface area contributed by atoms with Crippen molar-refractivity contribution in [2.24, 2.45) is 5.73 Å². The standard InChI is InChI=1S/C11H13ClF2N2O2/c1-2-18-9(17)4-6-3-7(11(13)14)8(5-15)10(12)16-6/h3,11H,2,4-5,15H2,1H3. The number of ether oxygens (including phenoxy) is 1. The van der Waals surface area contributed by atoms with Crippen molar-refractivity contribution in [3.63, 3.8) is 0 Å². The second-order valence-electron chi connectivity index (χ2n) is 3.46. The van der Waals surface area contributed by atoms with Gasteiger partial charge in [-0.05, 0) is 13.0 Å². The van der Waals surface area contributed by atoms with Gasteiger partial charge in [0.1, 0.15) is 5.15 Å². The number of pyridine rings is 1. The maximum atomic E-state index is 12.8. The second kappa shape index (κ2) is 6.61. The van der Waals surface area contributed by atoms with Crippen LogP contribution in [0.1, 0.15) is 30.2 Å². The third kappa shape index (κ3) is 3.61. The van der Waals surface area contributed by atoms with Crippen LogP contribution in [-0.4, -0.2) is 17.6 Å². The van der Waals surface area contributed by atoms with Gasteiger partial charge in [0, 0.05) is 17.7 Å². The van der Waals surface area contributed by atoms with Crippen molar-refractivity contribution in [1.29, 1.82) is 0 Å². The second-order valence-corrected chi connectivity index (χ2v) is 3.82. The first-order chi connectivity index (χ1) is 8.49. The highest BCUT2D eigenvalue weighted by Crippen LogP contribution is 2.28. The highest BCUT2D eigenvalue weighted by atomic mass is 35.5. The molecule has 0 saturated heterocycles. The molecule has 0 aliphatic heterocycles. The number of halogens is 3. The van der Waals surface area contributed by atoms with Crippen molar-refractivity contribution in [1.82, 2.24) is 4.98 Å². The van der Waals surface area contributed by atoms with Gasteiger partial charge in [0.2, 0.25) is 0 Å². The third-order valence-corrected chi connectivity index (χ3v) is 2.54. The summed E-state index contributed by atoms with van der Waals surface area (Å²) in [6.07, 6.45) is -2.91.